The Bertz CT molecular complexity index is 641. The summed E-state index contributed by atoms with van der Waals surface area (Å²) in [6.45, 7) is 0.264. The summed E-state index contributed by atoms with van der Waals surface area (Å²) in [5.74, 6) is -0.839. The molecule has 1 aliphatic carbocycles. The van der Waals surface area contributed by atoms with Crippen molar-refractivity contribution >= 4 is 17.9 Å². The Balaban J connectivity index is 1.59. The molecule has 21 heavy (non-hydrogen) atoms. The molecule has 4 aliphatic rings. The molecular formula is C13H12N4O4. The molecule has 1 aromatic rings. The number of aromatic nitrogens is 2. The molecule has 8 nitrogen and oxygen atoms in total. The molecule has 3 saturated heterocycles. The molecule has 3 amide bonds. The van der Waals surface area contributed by atoms with Gasteiger partial charge >= 0.3 is 6.09 Å². The largest absolute Gasteiger partial charge is 0.439 e. The zero-order valence-corrected chi connectivity index (χ0v) is 11.0. The molecule has 5 rings (SSSR count). The summed E-state index contributed by atoms with van der Waals surface area (Å²) in [4.78, 5) is 45.0. The number of rotatable bonds is 2. The number of imide groups is 1. The van der Waals surface area contributed by atoms with Crippen molar-refractivity contribution in [2.45, 2.75) is 24.5 Å². The molecule has 0 radical (unpaired) electrons. The van der Waals surface area contributed by atoms with E-state index in [2.05, 4.69) is 15.3 Å². The highest BCUT2D eigenvalue weighted by atomic mass is 16.6. The summed E-state index contributed by atoms with van der Waals surface area (Å²) in [6, 6.07) is 0. The van der Waals surface area contributed by atoms with Crippen LogP contribution in [0.25, 0.3) is 0 Å². The first-order valence-electron chi connectivity index (χ1n) is 6.68. The van der Waals surface area contributed by atoms with Crippen molar-refractivity contribution in [2.24, 2.45) is 5.92 Å². The Morgan fingerprint density at radius 3 is 2.62 bits per heavy atom. The molecule has 4 fully saturated rings. The van der Waals surface area contributed by atoms with Crippen molar-refractivity contribution in [3.8, 4) is 0 Å². The minimum absolute atomic E-state index is 0.186. The van der Waals surface area contributed by atoms with Gasteiger partial charge in [0.2, 0.25) is 5.91 Å². The van der Waals surface area contributed by atoms with Gasteiger partial charge in [-0.15, -0.1) is 0 Å². The minimum atomic E-state index is -0.931. The third-order valence-electron chi connectivity index (χ3n) is 4.48. The molecule has 108 valence electrons. The maximum absolute atomic E-state index is 12.1. The summed E-state index contributed by atoms with van der Waals surface area (Å²) >= 11 is 0. The van der Waals surface area contributed by atoms with E-state index in [9.17, 15) is 14.4 Å². The lowest BCUT2D eigenvalue weighted by Crippen LogP contribution is -2.73. The standard InChI is InChI=1S/C13H12N4O4/c18-10-7-1-13(2-7,11(19)16-10)17-5-9(21-12(17)20)8-3-14-6-15-4-8/h3-4,6-7,9H,1-2,5H2,(H,16,18,19). The molecule has 1 N–H and O–H groups in total. The van der Waals surface area contributed by atoms with Gasteiger partial charge in [0.15, 0.2) is 0 Å². The first kappa shape index (κ1) is 12.2. The number of amides is 3. The lowest BCUT2D eigenvalue weighted by molar-refractivity contribution is -0.159. The molecule has 0 aromatic carbocycles. The molecule has 1 saturated carbocycles. The number of carbonyl (C=O) groups excluding carboxylic acids is 3. The molecular weight excluding hydrogens is 276 g/mol. The second-order valence-corrected chi connectivity index (χ2v) is 5.61. The van der Waals surface area contributed by atoms with Crippen LogP contribution in [0.2, 0.25) is 0 Å². The van der Waals surface area contributed by atoms with E-state index >= 15 is 0 Å². The van der Waals surface area contributed by atoms with Gasteiger partial charge in [-0.1, -0.05) is 0 Å². The van der Waals surface area contributed by atoms with E-state index < -0.39 is 23.6 Å². The number of nitrogens with one attached hydrogen (secondary N) is 1. The van der Waals surface area contributed by atoms with Crippen LogP contribution in [0.3, 0.4) is 0 Å². The summed E-state index contributed by atoms with van der Waals surface area (Å²) in [6.07, 6.45) is 4.30. The van der Waals surface area contributed by atoms with E-state index in [-0.39, 0.29) is 18.4 Å². The van der Waals surface area contributed by atoms with E-state index in [4.69, 9.17) is 4.74 Å². The summed E-state index contributed by atoms with van der Waals surface area (Å²) in [5.41, 5.74) is -0.243. The molecule has 2 bridgehead atoms. The van der Waals surface area contributed by atoms with Crippen LogP contribution >= 0.6 is 0 Å². The highest BCUT2D eigenvalue weighted by Gasteiger charge is 2.64. The summed E-state index contributed by atoms with van der Waals surface area (Å²) < 4.78 is 5.32. The van der Waals surface area contributed by atoms with Gasteiger partial charge in [0, 0.05) is 23.9 Å². The second kappa shape index (κ2) is 4.00. The van der Waals surface area contributed by atoms with E-state index in [1.807, 2.05) is 0 Å². The van der Waals surface area contributed by atoms with Crippen LogP contribution in [0.15, 0.2) is 18.7 Å². The van der Waals surface area contributed by atoms with E-state index in [0.29, 0.717) is 18.4 Å². The van der Waals surface area contributed by atoms with Gasteiger partial charge in [0.25, 0.3) is 5.91 Å². The SMILES string of the molecule is O=C1NC(=O)C2(N3CC(c4cncnc4)OC3=O)CC1C2. The van der Waals surface area contributed by atoms with Crippen molar-refractivity contribution in [3.63, 3.8) is 0 Å². The average Bonchev–Trinajstić information content (AvgIpc) is 2.81. The molecule has 1 aromatic heterocycles. The van der Waals surface area contributed by atoms with Crippen molar-refractivity contribution in [1.82, 2.24) is 20.2 Å². The van der Waals surface area contributed by atoms with Crippen LogP contribution in [0.5, 0.6) is 0 Å². The van der Waals surface area contributed by atoms with Crippen molar-refractivity contribution in [3.05, 3.63) is 24.3 Å². The Hall–Kier alpha value is -2.51. The highest BCUT2D eigenvalue weighted by molar-refractivity contribution is 6.08. The Morgan fingerprint density at radius 1 is 1.24 bits per heavy atom. The fourth-order valence-electron chi connectivity index (χ4n) is 3.26. The number of cyclic esters (lactones) is 1. The quantitative estimate of drug-likeness (QED) is 0.755. The number of piperidine rings is 2. The zero-order valence-electron chi connectivity index (χ0n) is 11.0. The maximum atomic E-state index is 12.1. The molecule has 1 atom stereocenters. The van der Waals surface area contributed by atoms with Crippen LogP contribution in [-0.4, -0.2) is 44.9 Å². The van der Waals surface area contributed by atoms with Gasteiger partial charge in [-0.05, 0) is 12.8 Å². The number of hydrogen-bond donors (Lipinski definition) is 1. The molecule has 8 heteroatoms. The van der Waals surface area contributed by atoms with E-state index in [1.54, 1.807) is 12.4 Å². The average molecular weight is 288 g/mol. The third-order valence-corrected chi connectivity index (χ3v) is 4.48. The van der Waals surface area contributed by atoms with Gasteiger partial charge < -0.3 is 4.74 Å². The molecule has 3 aliphatic heterocycles. The maximum Gasteiger partial charge on any atom is 0.411 e. The van der Waals surface area contributed by atoms with Gasteiger partial charge in [-0.2, -0.15) is 0 Å². The van der Waals surface area contributed by atoms with Crippen LogP contribution in [0, 0.1) is 5.92 Å². The molecule has 4 heterocycles. The monoisotopic (exact) mass is 288 g/mol. The molecule has 1 unspecified atom stereocenters. The lowest BCUT2D eigenvalue weighted by Gasteiger charge is -2.52. The number of fused-ring (bicyclic) bond motifs is 2. The van der Waals surface area contributed by atoms with Crippen LogP contribution in [0.1, 0.15) is 24.5 Å². The van der Waals surface area contributed by atoms with Crippen molar-refractivity contribution in [2.75, 3.05) is 6.54 Å². The van der Waals surface area contributed by atoms with E-state index in [1.165, 1.54) is 11.2 Å². The van der Waals surface area contributed by atoms with Crippen LogP contribution < -0.4 is 5.32 Å². The number of nitrogens with zero attached hydrogens (tertiary/aromatic N) is 3. The fourth-order valence-corrected chi connectivity index (χ4v) is 3.26. The van der Waals surface area contributed by atoms with Crippen molar-refractivity contribution in [1.29, 1.82) is 0 Å². The normalized spacial score (nSPS) is 34.3. The fraction of sp³-hybridized carbons (Fsp3) is 0.462. The number of carbonyl (C=O) groups is 3. The molecule has 0 spiro atoms. The number of hydrogen-bond acceptors (Lipinski definition) is 6. The first-order valence-corrected chi connectivity index (χ1v) is 6.68. The first-order chi connectivity index (χ1) is 10.1. The Morgan fingerprint density at radius 2 is 1.95 bits per heavy atom. The van der Waals surface area contributed by atoms with Gasteiger partial charge in [0.05, 0.1) is 6.54 Å². The zero-order chi connectivity index (χ0) is 14.6. The smallest absolute Gasteiger partial charge is 0.411 e. The van der Waals surface area contributed by atoms with Crippen molar-refractivity contribution < 1.29 is 19.1 Å². The van der Waals surface area contributed by atoms with Crippen LogP contribution in [-0.2, 0) is 14.3 Å². The predicted molar refractivity (Wildman–Crippen MR) is 66.6 cm³/mol. The Labute approximate surface area is 119 Å². The Kier molecular flexibility index (Phi) is 2.33. The predicted octanol–water partition coefficient (Wildman–Crippen LogP) is -0.225. The van der Waals surface area contributed by atoms with Gasteiger partial charge in [0.1, 0.15) is 18.0 Å². The van der Waals surface area contributed by atoms with Gasteiger partial charge in [-0.25, -0.2) is 14.8 Å². The highest BCUT2D eigenvalue weighted by Crippen LogP contribution is 2.48. The van der Waals surface area contributed by atoms with Gasteiger partial charge in [-0.3, -0.25) is 19.8 Å². The summed E-state index contributed by atoms with van der Waals surface area (Å²) in [7, 11) is 0. The summed E-state index contributed by atoms with van der Waals surface area (Å²) in [5, 5.41) is 2.32. The minimum Gasteiger partial charge on any atom is -0.439 e. The lowest BCUT2D eigenvalue weighted by atomic mass is 9.63. The van der Waals surface area contributed by atoms with E-state index in [0.717, 1.165) is 0 Å². The topological polar surface area (TPSA) is 101 Å². The number of ether oxygens (including phenoxy) is 1. The third kappa shape index (κ3) is 1.58. The van der Waals surface area contributed by atoms with Crippen LogP contribution in [0.4, 0.5) is 4.79 Å². The second-order valence-electron chi connectivity index (χ2n) is 5.61.